The summed E-state index contributed by atoms with van der Waals surface area (Å²) in [5, 5.41) is 5.59. The first-order valence-corrected chi connectivity index (χ1v) is 27.3. The van der Waals surface area contributed by atoms with Crippen LogP contribution in [0.15, 0.2) is 109 Å². The van der Waals surface area contributed by atoms with E-state index < -0.39 is 0 Å². The molecule has 1 atom stereocenters. The number of halogens is 2. The first-order chi connectivity index (χ1) is 28.3. The van der Waals surface area contributed by atoms with E-state index in [0.717, 1.165) is 35.5 Å². The summed E-state index contributed by atoms with van der Waals surface area (Å²) in [6.45, 7) is 9.92. The van der Waals surface area contributed by atoms with Crippen LogP contribution in [0.5, 0.6) is 0 Å². The molecule has 14 rings (SSSR count). The van der Waals surface area contributed by atoms with Gasteiger partial charge in [0.15, 0.2) is 0 Å². The summed E-state index contributed by atoms with van der Waals surface area (Å²) < 4.78 is 0. The summed E-state index contributed by atoms with van der Waals surface area (Å²) >= 11 is 1.36. The SMILES string of the molecule is CCCC(C)c1cc2c(-c3ccc(C45CC6CC(CC(C6)C4)C5)cc3)cccc2[cH-]1.Cc1cc2c(-c3ccc(C45CC6CC(CC(C6)C4)C5)cc3)cccc2[cH-]1.Cl.Cl.[CH3-].[CH3-].[Si]=[Zr]. The molecule has 8 fully saturated rings. The van der Waals surface area contributed by atoms with Crippen LogP contribution in [0, 0.1) is 57.3 Å². The molecule has 0 aliphatic heterocycles. The topological polar surface area (TPSA) is 0 Å². The zero-order valence-corrected chi connectivity index (χ0v) is 43.2. The van der Waals surface area contributed by atoms with Gasteiger partial charge in [0.2, 0.25) is 0 Å². The molecule has 0 aromatic heterocycles. The molecule has 0 spiro atoms. The van der Waals surface area contributed by atoms with Crippen LogP contribution in [0.25, 0.3) is 43.8 Å². The Morgan fingerprint density at radius 1 is 0.565 bits per heavy atom. The van der Waals surface area contributed by atoms with Crippen LogP contribution in [0.4, 0.5) is 0 Å². The number of benzene rings is 4. The van der Waals surface area contributed by atoms with Crippen molar-refractivity contribution in [2.24, 2.45) is 35.5 Å². The molecule has 8 bridgehead atoms. The normalized spacial score (nSPS) is 28.5. The van der Waals surface area contributed by atoms with E-state index in [1.54, 1.807) is 11.1 Å². The van der Waals surface area contributed by atoms with E-state index in [-0.39, 0.29) is 39.7 Å². The van der Waals surface area contributed by atoms with Gasteiger partial charge in [-0.05, 0) is 158 Å². The van der Waals surface area contributed by atoms with Crippen LogP contribution >= 0.6 is 24.8 Å². The predicted molar refractivity (Wildman–Crippen MR) is 271 cm³/mol. The van der Waals surface area contributed by atoms with Gasteiger partial charge in [-0.25, -0.2) is 0 Å². The monoisotopic (exact) mass is 954 g/mol. The van der Waals surface area contributed by atoms with Crippen LogP contribution in [-0.4, -0.2) is 6.88 Å². The molecule has 328 valence electrons. The molecule has 0 amide bonds. The minimum atomic E-state index is 0. The van der Waals surface area contributed by atoms with Crippen molar-refractivity contribution < 1.29 is 23.3 Å². The molecule has 1 unspecified atom stereocenters. The van der Waals surface area contributed by atoms with E-state index in [1.165, 1.54) is 168 Å². The van der Waals surface area contributed by atoms with Gasteiger partial charge in [0.25, 0.3) is 0 Å². The molecule has 6 aromatic carbocycles. The van der Waals surface area contributed by atoms with E-state index in [4.69, 9.17) is 0 Å². The van der Waals surface area contributed by atoms with Gasteiger partial charge in [-0.2, -0.15) is 12.1 Å². The van der Waals surface area contributed by atoms with Gasteiger partial charge < -0.3 is 14.9 Å². The Hall–Kier alpha value is -2.22. The van der Waals surface area contributed by atoms with E-state index in [0.29, 0.717) is 16.7 Å². The first kappa shape index (κ1) is 49.2. The van der Waals surface area contributed by atoms with E-state index in [9.17, 15) is 0 Å². The number of rotatable bonds is 7. The van der Waals surface area contributed by atoms with Gasteiger partial charge in [-0.3, -0.25) is 0 Å². The van der Waals surface area contributed by atoms with Crippen LogP contribution in [0.3, 0.4) is 0 Å². The maximum absolute atomic E-state index is 3.06. The number of hydrogen-bond acceptors (Lipinski definition) is 0. The summed E-state index contributed by atoms with van der Waals surface area (Å²) in [6.07, 6.45) is 20.4. The van der Waals surface area contributed by atoms with Crippen LogP contribution in [-0.2, 0) is 34.2 Å². The Kier molecular flexibility index (Phi) is 16.0. The minimum absolute atomic E-state index is 0. The van der Waals surface area contributed by atoms with Gasteiger partial charge in [0.05, 0.1) is 0 Å². The fraction of sp³-hybridized carbons (Fsp3) is 0.448. The second-order valence-corrected chi connectivity index (χ2v) is 20.7. The van der Waals surface area contributed by atoms with Crippen LogP contribution < -0.4 is 0 Å². The van der Waals surface area contributed by atoms with E-state index in [2.05, 4.69) is 137 Å². The van der Waals surface area contributed by atoms with Crippen molar-refractivity contribution in [2.75, 3.05) is 0 Å². The molecule has 0 nitrogen and oxygen atoms in total. The van der Waals surface area contributed by atoms with Crippen molar-refractivity contribution in [1.82, 2.24) is 0 Å². The van der Waals surface area contributed by atoms with Gasteiger partial charge in [-0.1, -0.05) is 99.0 Å². The molecule has 0 saturated heterocycles. The maximum atomic E-state index is 3.06. The predicted octanol–water partition coefficient (Wildman–Crippen LogP) is 17.0. The fourth-order valence-electron chi connectivity index (χ4n) is 15.0. The fourth-order valence-corrected chi connectivity index (χ4v) is 15.0. The van der Waals surface area contributed by atoms with Crippen LogP contribution in [0.2, 0.25) is 0 Å². The summed E-state index contributed by atoms with van der Waals surface area (Å²) in [7, 11) is 0. The molecule has 4 heteroatoms. The Bertz CT molecular complexity index is 2330. The Labute approximate surface area is 405 Å². The van der Waals surface area contributed by atoms with Crippen molar-refractivity contribution in [3.8, 4) is 22.3 Å². The number of aryl methyl sites for hydroxylation is 1. The van der Waals surface area contributed by atoms with Gasteiger partial charge in [0, 0.05) is 0 Å². The summed E-state index contributed by atoms with van der Waals surface area (Å²) in [5.74, 6) is 6.73. The second-order valence-electron chi connectivity index (χ2n) is 20.7. The molecule has 8 aliphatic rings. The molecule has 2 radical (unpaired) electrons. The Morgan fingerprint density at radius 3 is 1.32 bits per heavy atom. The molecule has 0 heterocycles. The third-order valence-electron chi connectivity index (χ3n) is 16.7. The summed E-state index contributed by atoms with van der Waals surface area (Å²) in [4.78, 5) is 0. The van der Waals surface area contributed by atoms with E-state index in [1.807, 2.05) is 0 Å². The zero-order chi connectivity index (χ0) is 39.6. The van der Waals surface area contributed by atoms with Gasteiger partial charge in [0.1, 0.15) is 0 Å². The standard InChI is InChI=1S/C30H35.C26H27.2CH3.2ClH.Si.Zr/c1-3-5-20(2)26-15-25-6-4-7-28(29(25)16-26)24-8-10-27(11-9-24)30-17-21-12-22(18-30)14-23(13-21)19-30;1-17-9-22-3-2-4-24(25(22)10-17)21-5-7-23(8-6-21)26-14-18-11-19(15-26)13-20(12-18)16-26;;;;;;/h4,6-11,15-16,20-23H,3,5,12-14,17-19H2,1-2H3;2-10,18-20H,11-16H2,1H3;2*1H3;2*1H;;/q4*-1;;;;. The van der Waals surface area contributed by atoms with E-state index >= 15 is 0 Å². The summed E-state index contributed by atoms with van der Waals surface area (Å²) in [6, 6.07) is 42.6. The third-order valence-corrected chi connectivity index (χ3v) is 16.7. The average Bonchev–Trinajstić information content (AvgIpc) is 3.85. The Morgan fingerprint density at radius 2 is 0.935 bits per heavy atom. The third kappa shape index (κ3) is 9.14. The van der Waals surface area contributed by atoms with Crippen molar-refractivity contribution >= 4 is 53.2 Å². The number of fused-ring (bicyclic) bond motifs is 2. The zero-order valence-electron chi connectivity index (χ0n) is 38.1. The van der Waals surface area contributed by atoms with Crippen molar-refractivity contribution in [1.29, 1.82) is 0 Å². The second kappa shape index (κ2) is 20.1. The molecular formula is C58H70Cl2SiZr-4. The Balaban J connectivity index is 0.000000189. The molecule has 8 saturated carbocycles. The first-order valence-electron chi connectivity index (χ1n) is 23.1. The molecule has 8 aliphatic carbocycles. The molecule has 0 N–H and O–H groups in total. The van der Waals surface area contributed by atoms with Crippen molar-refractivity contribution in [3.05, 3.63) is 146 Å². The average molecular weight is 957 g/mol. The van der Waals surface area contributed by atoms with Gasteiger partial charge in [-0.15, -0.1) is 93.9 Å². The molecular weight excluding hydrogens is 887 g/mol. The van der Waals surface area contributed by atoms with Crippen LogP contribution in [0.1, 0.15) is 132 Å². The van der Waals surface area contributed by atoms with Crippen molar-refractivity contribution in [3.63, 3.8) is 0 Å². The quantitative estimate of drug-likeness (QED) is 0.110. The van der Waals surface area contributed by atoms with Gasteiger partial charge >= 0.3 is 30.2 Å². The molecule has 62 heavy (non-hydrogen) atoms. The summed E-state index contributed by atoms with van der Waals surface area (Å²) in [5.41, 5.74) is 12.7. The molecule has 6 aromatic rings. The van der Waals surface area contributed by atoms with Crippen molar-refractivity contribution in [2.45, 2.75) is 127 Å². The number of hydrogen-bond donors (Lipinski definition) is 0.